The number of ketones is 2. The number of carbonyl (C=O) groups is 2. The van der Waals surface area contributed by atoms with Crippen molar-refractivity contribution in [2.24, 2.45) is 17.8 Å². The minimum absolute atomic E-state index is 0.0457. The van der Waals surface area contributed by atoms with Crippen molar-refractivity contribution in [1.29, 1.82) is 0 Å². The van der Waals surface area contributed by atoms with E-state index in [0.717, 1.165) is 12.8 Å². The van der Waals surface area contributed by atoms with E-state index in [1.54, 1.807) is 0 Å². The number of carbonyl (C=O) groups excluding carboxylic acids is 2. The van der Waals surface area contributed by atoms with Gasteiger partial charge in [-0.2, -0.15) is 0 Å². The van der Waals surface area contributed by atoms with Gasteiger partial charge in [-0.1, -0.05) is 27.2 Å². The zero-order valence-electron chi connectivity index (χ0n) is 11.4. The van der Waals surface area contributed by atoms with Crippen LogP contribution in [0.15, 0.2) is 0 Å². The Labute approximate surface area is 104 Å². The fraction of sp³-hybridized carbons (Fsp3) is 0.857. The first-order chi connectivity index (χ1) is 7.91. The number of hydrogen-bond donors (Lipinski definition) is 0. The van der Waals surface area contributed by atoms with Crippen LogP contribution < -0.4 is 0 Å². The first-order valence-corrected chi connectivity index (χ1v) is 6.57. The van der Waals surface area contributed by atoms with Crippen LogP contribution in [-0.4, -0.2) is 24.3 Å². The second-order valence-electron chi connectivity index (χ2n) is 5.65. The summed E-state index contributed by atoms with van der Waals surface area (Å²) in [5, 5.41) is 0. The lowest BCUT2D eigenvalue weighted by Crippen LogP contribution is -2.36. The average molecular weight is 240 g/mol. The van der Waals surface area contributed by atoms with Crippen molar-refractivity contribution in [2.45, 2.75) is 53.1 Å². The van der Waals surface area contributed by atoms with Crippen LogP contribution in [0.1, 0.15) is 47.0 Å². The third-order valence-electron chi connectivity index (χ3n) is 3.78. The van der Waals surface area contributed by atoms with Crippen LogP contribution >= 0.6 is 0 Å². The first-order valence-electron chi connectivity index (χ1n) is 6.57. The average Bonchev–Trinajstić information content (AvgIpc) is 2.25. The summed E-state index contributed by atoms with van der Waals surface area (Å²) in [5.74, 6) is 0.925. The topological polar surface area (TPSA) is 43.4 Å². The molecule has 0 N–H and O–H groups in total. The lowest BCUT2D eigenvalue weighted by Gasteiger charge is -2.36. The lowest BCUT2D eigenvalue weighted by atomic mass is 9.75. The van der Waals surface area contributed by atoms with Gasteiger partial charge in [0.1, 0.15) is 6.61 Å². The van der Waals surface area contributed by atoms with E-state index >= 15 is 0 Å². The van der Waals surface area contributed by atoms with Gasteiger partial charge in [0, 0.05) is 6.92 Å². The van der Waals surface area contributed by atoms with Crippen molar-refractivity contribution >= 4 is 11.6 Å². The van der Waals surface area contributed by atoms with Gasteiger partial charge in [0.2, 0.25) is 5.78 Å². The Morgan fingerprint density at radius 2 is 1.94 bits per heavy atom. The normalized spacial score (nSPS) is 29.4. The molecule has 0 aliphatic heterocycles. The van der Waals surface area contributed by atoms with E-state index in [2.05, 4.69) is 20.8 Å². The maximum Gasteiger partial charge on any atom is 0.223 e. The number of Topliss-reactive ketones (excluding diaryl/α,β-unsaturated/α-hetero) is 2. The summed E-state index contributed by atoms with van der Waals surface area (Å²) in [5.41, 5.74) is 0. The van der Waals surface area contributed by atoms with Crippen molar-refractivity contribution in [3.63, 3.8) is 0 Å². The molecule has 98 valence electrons. The maximum absolute atomic E-state index is 11.3. The van der Waals surface area contributed by atoms with Crippen LogP contribution in [0.4, 0.5) is 0 Å². The van der Waals surface area contributed by atoms with Crippen LogP contribution in [0.5, 0.6) is 0 Å². The molecule has 3 heteroatoms. The summed E-state index contributed by atoms with van der Waals surface area (Å²) in [6, 6.07) is 0. The van der Waals surface area contributed by atoms with E-state index in [9.17, 15) is 9.59 Å². The number of ether oxygens (including phenoxy) is 1. The molecule has 17 heavy (non-hydrogen) atoms. The molecular weight excluding hydrogens is 216 g/mol. The Balaban J connectivity index is 2.52. The zero-order valence-corrected chi connectivity index (χ0v) is 11.4. The molecule has 3 nitrogen and oxygen atoms in total. The van der Waals surface area contributed by atoms with Crippen molar-refractivity contribution in [2.75, 3.05) is 6.61 Å². The van der Waals surface area contributed by atoms with Gasteiger partial charge >= 0.3 is 0 Å². The molecule has 3 atom stereocenters. The van der Waals surface area contributed by atoms with E-state index in [-0.39, 0.29) is 12.7 Å². The van der Waals surface area contributed by atoms with E-state index in [4.69, 9.17) is 4.74 Å². The molecule has 0 radical (unpaired) electrons. The summed E-state index contributed by atoms with van der Waals surface area (Å²) in [6.45, 7) is 7.87. The van der Waals surface area contributed by atoms with Crippen LogP contribution in [0.3, 0.4) is 0 Å². The minimum atomic E-state index is -0.411. The van der Waals surface area contributed by atoms with E-state index in [1.165, 1.54) is 13.3 Å². The monoisotopic (exact) mass is 240 g/mol. The highest BCUT2D eigenvalue weighted by molar-refractivity contribution is 6.36. The van der Waals surface area contributed by atoms with E-state index in [0.29, 0.717) is 17.8 Å². The molecule has 1 aliphatic rings. The molecule has 0 aromatic heterocycles. The van der Waals surface area contributed by atoms with Crippen molar-refractivity contribution in [3.8, 4) is 0 Å². The van der Waals surface area contributed by atoms with Gasteiger partial charge in [0.15, 0.2) is 5.78 Å². The highest BCUT2D eigenvalue weighted by Crippen LogP contribution is 2.35. The van der Waals surface area contributed by atoms with Crippen LogP contribution in [0, 0.1) is 17.8 Å². The highest BCUT2D eigenvalue weighted by atomic mass is 16.5. The molecule has 0 aromatic rings. The second-order valence-corrected chi connectivity index (χ2v) is 5.65. The molecule has 0 heterocycles. The van der Waals surface area contributed by atoms with Crippen molar-refractivity contribution < 1.29 is 14.3 Å². The summed E-state index contributed by atoms with van der Waals surface area (Å²) < 4.78 is 5.68. The standard InChI is InChI=1S/C14H24O3/c1-9(2)12-6-5-10(3)7-14(12)17-8-13(16)11(4)15/h9-10,12,14H,5-8H2,1-4H3. The van der Waals surface area contributed by atoms with Crippen LogP contribution in [-0.2, 0) is 14.3 Å². The molecule has 0 amide bonds. The summed E-state index contributed by atoms with van der Waals surface area (Å²) in [6.07, 6.45) is 3.55. The summed E-state index contributed by atoms with van der Waals surface area (Å²) in [4.78, 5) is 22.1. The Morgan fingerprint density at radius 3 is 2.47 bits per heavy atom. The Bertz CT molecular complexity index is 283. The van der Waals surface area contributed by atoms with Gasteiger partial charge in [-0.25, -0.2) is 0 Å². The van der Waals surface area contributed by atoms with Crippen molar-refractivity contribution in [3.05, 3.63) is 0 Å². The van der Waals surface area contributed by atoms with Gasteiger partial charge in [-0.05, 0) is 30.6 Å². The smallest absolute Gasteiger partial charge is 0.223 e. The fourth-order valence-electron chi connectivity index (χ4n) is 2.59. The quantitative estimate of drug-likeness (QED) is 0.694. The molecule has 1 rings (SSSR count). The molecule has 1 saturated carbocycles. The third kappa shape index (κ3) is 4.23. The molecule has 0 saturated heterocycles. The molecular formula is C14H24O3. The Hall–Kier alpha value is -0.700. The van der Waals surface area contributed by atoms with Gasteiger partial charge in [-0.15, -0.1) is 0 Å². The van der Waals surface area contributed by atoms with Gasteiger partial charge < -0.3 is 4.74 Å². The third-order valence-corrected chi connectivity index (χ3v) is 3.78. The highest BCUT2D eigenvalue weighted by Gasteiger charge is 2.31. The van der Waals surface area contributed by atoms with E-state index < -0.39 is 11.6 Å². The fourth-order valence-corrected chi connectivity index (χ4v) is 2.59. The molecule has 1 aliphatic carbocycles. The predicted octanol–water partition coefficient (Wildman–Crippen LogP) is 2.62. The largest absolute Gasteiger partial charge is 0.370 e. The Kier molecular flexibility index (Phi) is 5.31. The number of hydrogen-bond acceptors (Lipinski definition) is 3. The Morgan fingerprint density at radius 1 is 1.29 bits per heavy atom. The second kappa shape index (κ2) is 6.29. The van der Waals surface area contributed by atoms with Gasteiger partial charge in [-0.3, -0.25) is 9.59 Å². The number of rotatable bonds is 5. The SMILES string of the molecule is CC(=O)C(=O)COC1CC(C)CCC1C(C)C. The van der Waals surface area contributed by atoms with Crippen LogP contribution in [0.2, 0.25) is 0 Å². The zero-order chi connectivity index (χ0) is 13.0. The van der Waals surface area contributed by atoms with Gasteiger partial charge in [0.05, 0.1) is 6.10 Å². The molecule has 0 aromatic carbocycles. The maximum atomic E-state index is 11.3. The first kappa shape index (κ1) is 14.4. The molecule has 0 spiro atoms. The lowest BCUT2D eigenvalue weighted by molar-refractivity contribution is -0.141. The molecule has 1 fully saturated rings. The van der Waals surface area contributed by atoms with Crippen LogP contribution in [0.25, 0.3) is 0 Å². The minimum Gasteiger partial charge on any atom is -0.370 e. The predicted molar refractivity (Wildman–Crippen MR) is 66.8 cm³/mol. The van der Waals surface area contributed by atoms with E-state index in [1.807, 2.05) is 0 Å². The van der Waals surface area contributed by atoms with Gasteiger partial charge in [0.25, 0.3) is 0 Å². The summed E-state index contributed by atoms with van der Waals surface area (Å²) in [7, 11) is 0. The molecule has 3 unspecified atom stereocenters. The molecule has 0 bridgehead atoms. The summed E-state index contributed by atoms with van der Waals surface area (Å²) >= 11 is 0. The van der Waals surface area contributed by atoms with Crippen molar-refractivity contribution in [1.82, 2.24) is 0 Å².